The van der Waals surface area contributed by atoms with Crippen molar-refractivity contribution < 1.29 is 19.1 Å². The van der Waals surface area contributed by atoms with Crippen molar-refractivity contribution in [1.29, 1.82) is 0 Å². The molecule has 4 rings (SSSR count). The second kappa shape index (κ2) is 9.57. The van der Waals surface area contributed by atoms with Gasteiger partial charge >= 0.3 is 5.97 Å². The molecule has 7 nitrogen and oxygen atoms in total. The molecule has 1 aromatic rings. The second-order valence-corrected chi connectivity index (χ2v) is 9.09. The maximum absolute atomic E-state index is 13.1. The third-order valence-corrected chi connectivity index (χ3v) is 7.04. The van der Waals surface area contributed by atoms with Crippen LogP contribution in [0.1, 0.15) is 37.3 Å². The van der Waals surface area contributed by atoms with Crippen LogP contribution in [-0.2, 0) is 19.1 Å². The van der Waals surface area contributed by atoms with Crippen LogP contribution in [0, 0.1) is 11.8 Å². The molecule has 3 aliphatic rings. The Morgan fingerprint density at radius 1 is 0.871 bits per heavy atom. The molecule has 1 unspecified atom stereocenters. The summed E-state index contributed by atoms with van der Waals surface area (Å²) in [7, 11) is 1.38. The largest absolute Gasteiger partial charge is 0.468 e. The number of hydrogen-bond donors (Lipinski definition) is 0. The third kappa shape index (κ3) is 4.88. The number of halogens is 1. The number of piperidine rings is 1. The van der Waals surface area contributed by atoms with Crippen molar-refractivity contribution in [2.45, 2.75) is 31.7 Å². The van der Waals surface area contributed by atoms with Crippen LogP contribution in [0.3, 0.4) is 0 Å². The molecular weight excluding hydrogens is 418 g/mol. The Balaban J connectivity index is 1.33. The van der Waals surface area contributed by atoms with Gasteiger partial charge in [0.2, 0.25) is 11.8 Å². The number of esters is 1. The lowest BCUT2D eigenvalue weighted by atomic mass is 9.94. The summed E-state index contributed by atoms with van der Waals surface area (Å²) in [5.74, 6) is 0.315. The van der Waals surface area contributed by atoms with Crippen molar-refractivity contribution in [2.24, 2.45) is 11.8 Å². The molecule has 2 heterocycles. The first kappa shape index (κ1) is 22.1. The molecule has 1 saturated carbocycles. The van der Waals surface area contributed by atoms with Crippen LogP contribution >= 0.6 is 11.6 Å². The third-order valence-electron chi connectivity index (χ3n) is 6.70. The normalized spacial score (nSPS) is 21.6. The Morgan fingerprint density at radius 3 is 1.97 bits per heavy atom. The first-order valence-electron chi connectivity index (χ1n) is 11.1. The van der Waals surface area contributed by atoms with Crippen molar-refractivity contribution in [2.75, 3.05) is 46.4 Å². The van der Waals surface area contributed by atoms with Crippen LogP contribution in [0.25, 0.3) is 0 Å². The van der Waals surface area contributed by atoms with E-state index in [1.54, 1.807) is 6.07 Å². The van der Waals surface area contributed by atoms with E-state index in [2.05, 4.69) is 0 Å². The summed E-state index contributed by atoms with van der Waals surface area (Å²) in [6.07, 6.45) is 3.51. The van der Waals surface area contributed by atoms with Gasteiger partial charge in [0, 0.05) is 56.1 Å². The van der Waals surface area contributed by atoms with Gasteiger partial charge in [0.05, 0.1) is 7.11 Å². The van der Waals surface area contributed by atoms with Gasteiger partial charge in [0.15, 0.2) is 0 Å². The Morgan fingerprint density at radius 2 is 1.42 bits per heavy atom. The highest BCUT2D eigenvalue weighted by atomic mass is 35.5. The zero-order valence-corrected chi connectivity index (χ0v) is 18.7. The molecule has 31 heavy (non-hydrogen) atoms. The van der Waals surface area contributed by atoms with E-state index in [4.69, 9.17) is 16.3 Å². The number of hydrogen-bond acceptors (Lipinski definition) is 5. The van der Waals surface area contributed by atoms with Crippen molar-refractivity contribution in [3.8, 4) is 0 Å². The molecule has 2 saturated heterocycles. The predicted molar refractivity (Wildman–Crippen MR) is 116 cm³/mol. The van der Waals surface area contributed by atoms with Crippen LogP contribution in [0.4, 0.5) is 0 Å². The minimum absolute atomic E-state index is 0.0187. The minimum Gasteiger partial charge on any atom is -0.468 e. The van der Waals surface area contributed by atoms with E-state index in [1.165, 1.54) is 7.11 Å². The van der Waals surface area contributed by atoms with E-state index < -0.39 is 6.04 Å². The molecule has 0 spiro atoms. The number of likely N-dealkylation sites (tertiary alicyclic amines) is 1. The monoisotopic (exact) mass is 447 g/mol. The van der Waals surface area contributed by atoms with Crippen molar-refractivity contribution in [3.63, 3.8) is 0 Å². The highest BCUT2D eigenvalue weighted by Crippen LogP contribution is 2.33. The molecule has 3 fully saturated rings. The lowest BCUT2D eigenvalue weighted by Gasteiger charge is -2.40. The Hall–Kier alpha value is -2.12. The lowest BCUT2D eigenvalue weighted by molar-refractivity contribution is -0.149. The number of nitrogens with zero attached hydrogens (tertiary/aromatic N) is 3. The molecule has 168 valence electrons. The Bertz CT molecular complexity index is 828. The molecular formula is C23H30ClN3O4. The number of carbonyl (C=O) groups excluding carboxylic acids is 3. The molecule has 0 bridgehead atoms. The van der Waals surface area contributed by atoms with Gasteiger partial charge in [-0.1, -0.05) is 29.8 Å². The number of rotatable bonds is 5. The van der Waals surface area contributed by atoms with Crippen LogP contribution < -0.4 is 0 Å². The van der Waals surface area contributed by atoms with Crippen LogP contribution in [0.2, 0.25) is 5.02 Å². The fourth-order valence-corrected chi connectivity index (χ4v) is 4.91. The second-order valence-electron chi connectivity index (χ2n) is 8.68. The summed E-state index contributed by atoms with van der Waals surface area (Å²) in [4.78, 5) is 43.7. The summed E-state index contributed by atoms with van der Waals surface area (Å²) >= 11 is 6.35. The summed E-state index contributed by atoms with van der Waals surface area (Å²) < 4.78 is 5.04. The predicted octanol–water partition coefficient (Wildman–Crippen LogP) is 2.35. The molecule has 1 atom stereocenters. The van der Waals surface area contributed by atoms with E-state index >= 15 is 0 Å². The van der Waals surface area contributed by atoms with E-state index in [9.17, 15) is 14.4 Å². The van der Waals surface area contributed by atoms with E-state index in [0.717, 1.165) is 31.2 Å². The molecule has 1 aromatic carbocycles. The fraction of sp³-hybridized carbons (Fsp3) is 0.609. The van der Waals surface area contributed by atoms with Gasteiger partial charge in [-0.15, -0.1) is 0 Å². The standard InChI is InChI=1S/C23H30ClN3O4/c1-31-23(30)20(18-4-2-3-5-19(18)24)25-12-14-27(15-13-25)22(29)17-8-10-26(11-9-17)21(28)16-6-7-16/h2-5,16-17,20H,6-15H2,1H3. The number of amides is 2. The summed E-state index contributed by atoms with van der Waals surface area (Å²) in [5, 5.41) is 0.531. The topological polar surface area (TPSA) is 70.2 Å². The smallest absolute Gasteiger partial charge is 0.327 e. The molecule has 0 aromatic heterocycles. The first-order chi connectivity index (χ1) is 15.0. The highest BCUT2D eigenvalue weighted by Gasteiger charge is 2.38. The van der Waals surface area contributed by atoms with E-state index in [1.807, 2.05) is 32.9 Å². The zero-order valence-electron chi connectivity index (χ0n) is 18.0. The van der Waals surface area contributed by atoms with Crippen LogP contribution in [0.5, 0.6) is 0 Å². The van der Waals surface area contributed by atoms with Gasteiger partial charge in [0.25, 0.3) is 0 Å². The Kier molecular flexibility index (Phi) is 6.82. The summed E-state index contributed by atoms with van der Waals surface area (Å²) in [6, 6.07) is 6.73. The van der Waals surface area contributed by atoms with Gasteiger partial charge < -0.3 is 14.5 Å². The lowest BCUT2D eigenvalue weighted by Crippen LogP contribution is -2.53. The van der Waals surface area contributed by atoms with Gasteiger partial charge in [-0.2, -0.15) is 0 Å². The average molecular weight is 448 g/mol. The van der Waals surface area contributed by atoms with Gasteiger partial charge in [0.1, 0.15) is 6.04 Å². The Labute approximate surface area is 188 Å². The SMILES string of the molecule is COC(=O)C(c1ccccc1Cl)N1CCN(C(=O)C2CCN(C(=O)C3CC3)CC2)CC1. The molecule has 0 radical (unpaired) electrons. The first-order valence-corrected chi connectivity index (χ1v) is 11.5. The van der Waals surface area contributed by atoms with E-state index in [-0.39, 0.29) is 29.6 Å². The van der Waals surface area contributed by atoms with Gasteiger partial charge in [-0.3, -0.25) is 14.5 Å². The number of methoxy groups -OCH3 is 1. The van der Waals surface area contributed by atoms with Crippen molar-refractivity contribution >= 4 is 29.4 Å². The van der Waals surface area contributed by atoms with E-state index in [0.29, 0.717) is 44.3 Å². The van der Waals surface area contributed by atoms with Gasteiger partial charge in [-0.25, -0.2) is 4.79 Å². The molecule has 2 aliphatic heterocycles. The number of benzene rings is 1. The number of carbonyl (C=O) groups is 3. The number of piperazine rings is 1. The highest BCUT2D eigenvalue weighted by molar-refractivity contribution is 6.31. The molecule has 8 heteroatoms. The van der Waals surface area contributed by atoms with Crippen LogP contribution in [-0.4, -0.2) is 78.9 Å². The maximum atomic E-state index is 13.1. The quantitative estimate of drug-likeness (QED) is 0.648. The summed E-state index contributed by atoms with van der Waals surface area (Å²) in [6.45, 7) is 3.66. The van der Waals surface area contributed by atoms with Crippen molar-refractivity contribution in [3.05, 3.63) is 34.9 Å². The minimum atomic E-state index is -0.576. The fourth-order valence-electron chi connectivity index (χ4n) is 4.68. The summed E-state index contributed by atoms with van der Waals surface area (Å²) in [5.41, 5.74) is 0.725. The molecule has 0 N–H and O–H groups in total. The zero-order chi connectivity index (χ0) is 22.0. The molecule has 2 amide bonds. The molecule has 1 aliphatic carbocycles. The van der Waals surface area contributed by atoms with Gasteiger partial charge in [-0.05, 0) is 37.3 Å². The average Bonchev–Trinajstić information content (AvgIpc) is 3.65. The number of ether oxygens (including phenoxy) is 1. The van der Waals surface area contributed by atoms with Crippen molar-refractivity contribution in [1.82, 2.24) is 14.7 Å². The van der Waals surface area contributed by atoms with Crippen LogP contribution in [0.15, 0.2) is 24.3 Å². The maximum Gasteiger partial charge on any atom is 0.327 e.